The summed E-state index contributed by atoms with van der Waals surface area (Å²) in [6, 6.07) is 62.9. The first-order chi connectivity index (χ1) is 28.0. The van der Waals surface area contributed by atoms with Gasteiger partial charge in [-0.3, -0.25) is 0 Å². The molecule has 0 radical (unpaired) electrons. The zero-order chi connectivity index (χ0) is 39.3. The number of fused-ring (bicyclic) bond motifs is 12. The minimum Gasteiger partial charge on any atom is -0.0619 e. The molecule has 0 atom stereocenters. The molecule has 4 aliphatic rings. The Balaban J connectivity index is 0.880. The van der Waals surface area contributed by atoms with Gasteiger partial charge in [0.25, 0.3) is 0 Å². The van der Waals surface area contributed by atoms with E-state index in [1.807, 2.05) is 0 Å². The first kappa shape index (κ1) is 33.9. The van der Waals surface area contributed by atoms with Gasteiger partial charge >= 0.3 is 0 Å². The molecular formula is C58H46. The third kappa shape index (κ3) is 4.41. The summed E-state index contributed by atoms with van der Waals surface area (Å²) in [5.41, 5.74) is 28.5. The molecule has 0 saturated carbocycles. The van der Waals surface area contributed by atoms with Crippen molar-refractivity contribution in [1.82, 2.24) is 0 Å². The minimum absolute atomic E-state index is 0.0155. The lowest BCUT2D eigenvalue weighted by atomic mass is 9.79. The molecular weight excluding hydrogens is 697 g/mol. The van der Waals surface area contributed by atoms with Gasteiger partial charge in [-0.05, 0) is 141 Å². The van der Waals surface area contributed by atoms with Crippen LogP contribution in [0.1, 0.15) is 97.5 Å². The van der Waals surface area contributed by atoms with Crippen molar-refractivity contribution in [1.29, 1.82) is 0 Å². The highest BCUT2D eigenvalue weighted by atomic mass is 14.4. The van der Waals surface area contributed by atoms with E-state index in [1.54, 1.807) is 0 Å². The normalized spacial score (nSPS) is 16.4. The lowest BCUT2D eigenvalue weighted by Gasteiger charge is -2.24. The molecule has 0 heterocycles. The number of hydrogen-bond acceptors (Lipinski definition) is 0. The maximum absolute atomic E-state index is 2.52. The Hall–Kier alpha value is -6.24. The molecule has 0 amide bonds. The second-order valence-electron chi connectivity index (χ2n) is 18.9. The van der Waals surface area contributed by atoms with Crippen LogP contribution in [0.3, 0.4) is 0 Å². The van der Waals surface area contributed by atoms with E-state index in [2.05, 4.69) is 205 Å². The zero-order valence-electron chi connectivity index (χ0n) is 34.2. The van der Waals surface area contributed by atoms with Crippen LogP contribution < -0.4 is 0 Å². The summed E-state index contributed by atoms with van der Waals surface area (Å²) in [5.74, 6) is 0.251. The van der Waals surface area contributed by atoms with Gasteiger partial charge < -0.3 is 0 Å². The van der Waals surface area contributed by atoms with Crippen molar-refractivity contribution >= 4 is 0 Å². The molecule has 0 spiro atoms. The highest BCUT2D eigenvalue weighted by Gasteiger charge is 2.40. The monoisotopic (exact) mass is 742 g/mol. The summed E-state index contributed by atoms with van der Waals surface area (Å²) >= 11 is 0. The van der Waals surface area contributed by atoms with E-state index in [1.165, 1.54) is 117 Å². The molecule has 0 aliphatic heterocycles. The predicted molar refractivity (Wildman–Crippen MR) is 243 cm³/mol. The van der Waals surface area contributed by atoms with Crippen LogP contribution in [0.25, 0.3) is 66.8 Å². The second kappa shape index (κ2) is 11.5. The summed E-state index contributed by atoms with van der Waals surface area (Å²) < 4.78 is 0. The molecule has 4 aliphatic carbocycles. The van der Waals surface area contributed by atoms with E-state index < -0.39 is 0 Å². The van der Waals surface area contributed by atoms with E-state index in [0.717, 1.165) is 0 Å². The van der Waals surface area contributed by atoms with Crippen molar-refractivity contribution in [2.45, 2.75) is 63.7 Å². The fourth-order valence-corrected chi connectivity index (χ4v) is 11.6. The number of rotatable bonds is 3. The summed E-state index contributed by atoms with van der Waals surface area (Å²) in [4.78, 5) is 0. The average Bonchev–Trinajstić information content (AvgIpc) is 3.86. The van der Waals surface area contributed by atoms with Gasteiger partial charge in [0.1, 0.15) is 0 Å². The van der Waals surface area contributed by atoms with Crippen molar-refractivity contribution in [3.05, 3.63) is 214 Å². The minimum atomic E-state index is -0.122. The van der Waals surface area contributed by atoms with Gasteiger partial charge in [-0.1, -0.05) is 181 Å². The van der Waals surface area contributed by atoms with Crippen LogP contribution in [0.4, 0.5) is 0 Å². The Morgan fingerprint density at radius 1 is 0.276 bits per heavy atom. The molecule has 58 heavy (non-hydrogen) atoms. The summed E-state index contributed by atoms with van der Waals surface area (Å²) in [7, 11) is 0. The molecule has 0 unspecified atom stereocenters. The molecule has 8 aromatic rings. The lowest BCUT2D eigenvalue weighted by Crippen LogP contribution is -2.16. The van der Waals surface area contributed by atoms with Crippen molar-refractivity contribution in [3.63, 3.8) is 0 Å². The topological polar surface area (TPSA) is 0 Å². The zero-order valence-corrected chi connectivity index (χ0v) is 34.2. The highest BCUT2D eigenvalue weighted by molar-refractivity contribution is 5.90. The molecule has 278 valence electrons. The summed E-state index contributed by atoms with van der Waals surface area (Å²) in [6.45, 7) is 14.4. The molecule has 0 N–H and O–H groups in total. The number of hydrogen-bond donors (Lipinski definition) is 0. The van der Waals surface area contributed by atoms with Crippen molar-refractivity contribution in [2.24, 2.45) is 0 Å². The smallest absolute Gasteiger partial charge is 0.0352 e. The fraction of sp³-hybridized carbons (Fsp3) is 0.172. The van der Waals surface area contributed by atoms with E-state index in [0.29, 0.717) is 0 Å². The quantitative estimate of drug-likeness (QED) is 0.169. The Bertz CT molecular complexity index is 3040. The Labute approximate surface area is 342 Å². The Kier molecular flexibility index (Phi) is 6.69. The van der Waals surface area contributed by atoms with Crippen molar-refractivity contribution < 1.29 is 0 Å². The summed E-state index contributed by atoms with van der Waals surface area (Å²) in [6.07, 6.45) is 0. The molecule has 0 aromatic heterocycles. The molecule has 0 saturated heterocycles. The van der Waals surface area contributed by atoms with Crippen LogP contribution in [0, 0.1) is 0 Å². The lowest BCUT2D eigenvalue weighted by molar-refractivity contribution is 0.658. The molecule has 0 heteroatoms. The highest BCUT2D eigenvalue weighted by Crippen LogP contribution is 2.55. The molecule has 12 rings (SSSR count). The average molecular weight is 743 g/mol. The van der Waals surface area contributed by atoms with Crippen molar-refractivity contribution in [3.8, 4) is 66.8 Å². The maximum atomic E-state index is 2.52. The SMILES string of the molecule is CC1(C)c2ccccc2-c2ccc(-c3ccc4c(c3)C(C)(C)c3cc(-c5ccc6c(c5)C(C)(C)c5cc(C7c8ccccc8-c8ccccc87)ccc5-6)ccc3-4)cc21. The fourth-order valence-electron chi connectivity index (χ4n) is 11.6. The van der Waals surface area contributed by atoms with Crippen LogP contribution in [-0.4, -0.2) is 0 Å². The van der Waals surface area contributed by atoms with Crippen LogP contribution in [0.5, 0.6) is 0 Å². The first-order valence-electron chi connectivity index (χ1n) is 21.0. The van der Waals surface area contributed by atoms with Gasteiger partial charge in [-0.25, -0.2) is 0 Å². The molecule has 0 fully saturated rings. The summed E-state index contributed by atoms with van der Waals surface area (Å²) in [5, 5.41) is 0. The van der Waals surface area contributed by atoms with Crippen molar-refractivity contribution in [2.75, 3.05) is 0 Å². The third-order valence-electron chi connectivity index (χ3n) is 14.8. The first-order valence-corrected chi connectivity index (χ1v) is 21.0. The van der Waals surface area contributed by atoms with E-state index in [-0.39, 0.29) is 22.2 Å². The number of benzene rings is 8. The van der Waals surface area contributed by atoms with Gasteiger partial charge in [0, 0.05) is 22.2 Å². The van der Waals surface area contributed by atoms with Crippen LogP contribution in [0.2, 0.25) is 0 Å². The van der Waals surface area contributed by atoms with Crippen LogP contribution in [-0.2, 0) is 16.2 Å². The second-order valence-corrected chi connectivity index (χ2v) is 18.9. The van der Waals surface area contributed by atoms with Crippen LogP contribution in [0.15, 0.2) is 164 Å². The largest absolute Gasteiger partial charge is 0.0619 e. The van der Waals surface area contributed by atoms with Gasteiger partial charge in [0.15, 0.2) is 0 Å². The third-order valence-corrected chi connectivity index (χ3v) is 14.8. The van der Waals surface area contributed by atoms with Crippen LogP contribution >= 0.6 is 0 Å². The van der Waals surface area contributed by atoms with E-state index in [9.17, 15) is 0 Å². The molecule has 0 bridgehead atoms. The molecule has 8 aromatic carbocycles. The van der Waals surface area contributed by atoms with E-state index in [4.69, 9.17) is 0 Å². The Morgan fingerprint density at radius 3 is 1.02 bits per heavy atom. The maximum Gasteiger partial charge on any atom is 0.0352 e. The van der Waals surface area contributed by atoms with E-state index >= 15 is 0 Å². The van der Waals surface area contributed by atoms with Gasteiger partial charge in [0.2, 0.25) is 0 Å². The Morgan fingerprint density at radius 2 is 0.586 bits per heavy atom. The van der Waals surface area contributed by atoms with Gasteiger partial charge in [-0.2, -0.15) is 0 Å². The predicted octanol–water partition coefficient (Wildman–Crippen LogP) is 15.1. The standard InChI is InChI=1S/C58H46/c1-56(2)49-18-12-11-15-41(49)42-24-19-34(29-50(42)56)35-20-25-43-44-26-21-36(31-52(44)57(3,4)51(43)30-35)37-22-27-45-46-28-23-38(33-54(46)58(5,6)53(45)32-37)55-47-16-9-7-13-39(47)40-14-8-10-17-48(40)55/h7-33,55H,1-6H3. The van der Waals surface area contributed by atoms with Gasteiger partial charge in [0.05, 0.1) is 0 Å². The van der Waals surface area contributed by atoms with Gasteiger partial charge in [-0.15, -0.1) is 0 Å². The molecule has 0 nitrogen and oxygen atoms in total.